The third kappa shape index (κ3) is 6.13. The number of amides is 1. The Labute approximate surface area is 298 Å². The normalized spacial score (nSPS) is 35.1. The van der Waals surface area contributed by atoms with Crippen molar-refractivity contribution >= 4 is 33.2 Å². The first kappa shape index (κ1) is 35.7. The fourth-order valence-corrected chi connectivity index (χ4v) is 10.1. The Morgan fingerprint density at radius 3 is 2.66 bits per heavy atom. The monoisotopic (exact) mass is 731 g/mol. The zero-order valence-corrected chi connectivity index (χ0v) is 30.7. The highest BCUT2D eigenvalue weighted by Gasteiger charge is 2.58. The van der Waals surface area contributed by atoms with E-state index in [4.69, 9.17) is 25.8 Å². The van der Waals surface area contributed by atoms with Crippen LogP contribution in [0.5, 0.6) is 5.75 Å². The minimum atomic E-state index is -4.14. The van der Waals surface area contributed by atoms with Gasteiger partial charge in [0.1, 0.15) is 23.2 Å². The summed E-state index contributed by atoms with van der Waals surface area (Å²) in [5.74, 6) is -2.27. The number of aryl methyl sites for hydroxylation is 1. The Bertz CT molecular complexity index is 1810. The molecule has 1 amide bonds. The van der Waals surface area contributed by atoms with Gasteiger partial charge in [-0.2, -0.15) is 0 Å². The van der Waals surface area contributed by atoms with Crippen LogP contribution in [0.15, 0.2) is 48.3 Å². The summed E-state index contributed by atoms with van der Waals surface area (Å²) in [6.07, 6.45) is 4.08. The molecule has 272 valence electrons. The first-order chi connectivity index (χ1) is 23.7. The van der Waals surface area contributed by atoms with E-state index < -0.39 is 62.4 Å². The number of anilines is 1. The molecule has 2 aromatic rings. The van der Waals surface area contributed by atoms with Crippen molar-refractivity contribution in [3.8, 4) is 5.75 Å². The van der Waals surface area contributed by atoms with Gasteiger partial charge in [0.2, 0.25) is 10.0 Å². The number of hydrogen-bond donors (Lipinski definition) is 2. The van der Waals surface area contributed by atoms with Gasteiger partial charge in [-0.1, -0.05) is 30.7 Å². The average molecular weight is 732 g/mol. The van der Waals surface area contributed by atoms with Gasteiger partial charge in [-0.3, -0.25) is 9.69 Å². The predicted octanol–water partition coefficient (Wildman–Crippen LogP) is 5.11. The molecule has 0 radical (unpaired) electrons. The summed E-state index contributed by atoms with van der Waals surface area (Å²) < 4.78 is 65.0. The number of carbonyl (C=O) groups excluding carboxylic acids is 1. The van der Waals surface area contributed by atoms with Gasteiger partial charge in [0, 0.05) is 41.7 Å². The number of carbonyl (C=O) groups is 1. The van der Waals surface area contributed by atoms with E-state index in [9.17, 15) is 18.3 Å². The Morgan fingerprint density at radius 1 is 1.16 bits per heavy atom. The summed E-state index contributed by atoms with van der Waals surface area (Å²) >= 11 is 6.44. The fraction of sp³-hybridized carbons (Fsp3) is 0.595. The Morgan fingerprint density at radius 2 is 1.96 bits per heavy atom. The van der Waals surface area contributed by atoms with Crippen LogP contribution in [0.25, 0.3) is 0 Å². The second-order valence-electron chi connectivity index (χ2n) is 15.3. The highest BCUT2D eigenvalue weighted by molar-refractivity contribution is 7.90. The van der Waals surface area contributed by atoms with Crippen LogP contribution in [-0.2, 0) is 31.3 Å². The van der Waals surface area contributed by atoms with Gasteiger partial charge in [-0.15, -0.1) is 0 Å². The highest BCUT2D eigenvalue weighted by atomic mass is 35.5. The summed E-state index contributed by atoms with van der Waals surface area (Å²) in [7, 11) is -4.14. The lowest BCUT2D eigenvalue weighted by Crippen LogP contribution is -2.70. The molecule has 2 saturated heterocycles. The van der Waals surface area contributed by atoms with Crippen molar-refractivity contribution in [3.63, 3.8) is 0 Å². The highest BCUT2D eigenvalue weighted by Crippen LogP contribution is 2.47. The Balaban J connectivity index is 1.36. The van der Waals surface area contributed by atoms with Crippen molar-refractivity contribution in [1.82, 2.24) is 9.62 Å². The fourth-order valence-electron chi connectivity index (χ4n) is 8.58. The topological polar surface area (TPSA) is 118 Å². The van der Waals surface area contributed by atoms with E-state index in [1.165, 1.54) is 24.1 Å². The summed E-state index contributed by atoms with van der Waals surface area (Å²) in [4.78, 5) is 17.7. The van der Waals surface area contributed by atoms with Gasteiger partial charge in [0.15, 0.2) is 5.79 Å². The minimum Gasteiger partial charge on any atom is -0.490 e. The SMILES string of the molecule is C[C@@H]1[C@@H](C)C/C=C(\F)[C@](CO)([C@@H]2COC(C)(C)O2)N2CC[C@H]2CN2C[C@@]3(CCCc4cc(Cl)ccc43)COc3ccc(cc32)C(=O)NS1(=O)=O. The molecule has 2 bridgehead atoms. The number of aliphatic hydroxyl groups excluding tert-OH is 1. The molecular weight excluding hydrogens is 685 g/mol. The molecule has 0 unspecified atom stereocenters. The van der Waals surface area contributed by atoms with Crippen molar-refractivity contribution in [2.45, 2.75) is 93.9 Å². The maximum atomic E-state index is 17.0. The lowest BCUT2D eigenvalue weighted by atomic mass is 9.70. The van der Waals surface area contributed by atoms with E-state index in [-0.39, 0.29) is 24.6 Å². The van der Waals surface area contributed by atoms with Crippen LogP contribution in [-0.4, -0.2) is 92.5 Å². The smallest absolute Gasteiger partial charge is 0.264 e. The zero-order chi connectivity index (χ0) is 35.6. The zero-order valence-electron chi connectivity index (χ0n) is 29.1. The molecule has 1 spiro atoms. The molecule has 10 nitrogen and oxygen atoms in total. The van der Waals surface area contributed by atoms with Gasteiger partial charge >= 0.3 is 0 Å². The van der Waals surface area contributed by atoms with Gasteiger partial charge in [-0.05, 0) is 100 Å². The lowest BCUT2D eigenvalue weighted by Gasteiger charge is -2.55. The third-order valence-electron chi connectivity index (χ3n) is 11.8. The first-order valence-corrected chi connectivity index (χ1v) is 19.5. The number of hydrogen-bond acceptors (Lipinski definition) is 9. The molecule has 7 rings (SSSR count). The number of sulfonamides is 1. The summed E-state index contributed by atoms with van der Waals surface area (Å²) in [5, 5.41) is 10.9. The molecule has 50 heavy (non-hydrogen) atoms. The summed E-state index contributed by atoms with van der Waals surface area (Å²) in [6, 6.07) is 10.8. The van der Waals surface area contributed by atoms with Gasteiger partial charge in [0.25, 0.3) is 5.91 Å². The molecule has 2 aromatic carbocycles. The molecule has 4 aliphatic heterocycles. The largest absolute Gasteiger partial charge is 0.490 e. The number of allylic oxidation sites excluding steroid dienone is 1. The van der Waals surface area contributed by atoms with Crippen LogP contribution in [0.4, 0.5) is 10.1 Å². The second-order valence-corrected chi connectivity index (χ2v) is 17.7. The van der Waals surface area contributed by atoms with Gasteiger partial charge < -0.3 is 24.2 Å². The van der Waals surface area contributed by atoms with Crippen LogP contribution in [0.1, 0.15) is 74.9 Å². The lowest BCUT2D eigenvalue weighted by molar-refractivity contribution is -0.172. The predicted molar refractivity (Wildman–Crippen MR) is 189 cm³/mol. The second kappa shape index (κ2) is 13.0. The quantitative estimate of drug-likeness (QED) is 0.435. The van der Waals surface area contributed by atoms with E-state index in [1.807, 2.05) is 17.0 Å². The van der Waals surface area contributed by atoms with Crippen LogP contribution >= 0.6 is 11.6 Å². The Kier molecular flexibility index (Phi) is 9.30. The maximum absolute atomic E-state index is 17.0. The van der Waals surface area contributed by atoms with Crippen LogP contribution in [0.2, 0.25) is 5.02 Å². The summed E-state index contributed by atoms with van der Waals surface area (Å²) in [6.45, 7) is 8.16. The number of halogens is 2. The molecule has 6 atom stereocenters. The number of benzene rings is 2. The van der Waals surface area contributed by atoms with Gasteiger partial charge in [0.05, 0.1) is 30.8 Å². The molecule has 2 fully saturated rings. The van der Waals surface area contributed by atoms with Crippen molar-refractivity contribution in [3.05, 3.63) is 70.0 Å². The maximum Gasteiger partial charge on any atom is 0.264 e. The Hall–Kier alpha value is -2.74. The number of nitrogens with zero attached hydrogens (tertiary/aromatic N) is 2. The van der Waals surface area contributed by atoms with Crippen molar-refractivity contribution in [2.75, 3.05) is 44.4 Å². The summed E-state index contributed by atoms with van der Waals surface area (Å²) in [5.41, 5.74) is 1.24. The molecule has 0 aromatic heterocycles. The molecule has 0 saturated carbocycles. The number of aliphatic hydroxyl groups is 1. The van der Waals surface area contributed by atoms with Crippen molar-refractivity contribution in [2.24, 2.45) is 5.92 Å². The van der Waals surface area contributed by atoms with E-state index in [1.54, 1.807) is 39.0 Å². The minimum absolute atomic E-state index is 0.0631. The van der Waals surface area contributed by atoms with Crippen LogP contribution in [0, 0.1) is 5.92 Å². The van der Waals surface area contributed by atoms with Crippen LogP contribution < -0.4 is 14.4 Å². The molecule has 1 aliphatic carbocycles. The third-order valence-corrected chi connectivity index (χ3v) is 13.9. The molecule has 13 heteroatoms. The van der Waals surface area contributed by atoms with E-state index in [2.05, 4.69) is 15.7 Å². The molecule has 5 aliphatic rings. The van der Waals surface area contributed by atoms with Crippen molar-refractivity contribution in [1.29, 1.82) is 0 Å². The number of fused-ring (bicyclic) bond motifs is 4. The number of rotatable bonds is 2. The molecule has 2 N–H and O–H groups in total. The average Bonchev–Trinajstić information content (AvgIpc) is 3.36. The number of nitrogens with one attached hydrogen (secondary N) is 1. The van der Waals surface area contributed by atoms with E-state index in [0.29, 0.717) is 42.7 Å². The van der Waals surface area contributed by atoms with Crippen molar-refractivity contribution < 1.29 is 36.9 Å². The van der Waals surface area contributed by atoms with Crippen LogP contribution in [0.3, 0.4) is 0 Å². The van der Waals surface area contributed by atoms with E-state index in [0.717, 1.165) is 25.7 Å². The standard InChI is InChI=1S/C37H47ClFN3O7S/c1-23-7-12-32(39)37(21-43,33-19-48-35(3,4)49-33)42-15-13-28(42)18-41-20-36(14-5-6-25-16-27(38)9-10-29(25)36)22-47-31-11-8-26(17-30(31)41)34(44)40-50(45,46)24(23)2/h8-12,16-17,23-24,28,33,43H,5-7,13-15,18-22H2,1-4H3,(H,40,44)/b32-12-/t23-,24+,28-,33-,36-,37+/m0/s1. The molecular formula is C37H47ClFN3O7S. The first-order valence-electron chi connectivity index (χ1n) is 17.6. The number of ether oxygens (including phenoxy) is 3. The molecule has 4 heterocycles. The van der Waals surface area contributed by atoms with Gasteiger partial charge in [-0.25, -0.2) is 17.5 Å². The van der Waals surface area contributed by atoms with E-state index >= 15 is 4.39 Å².